The van der Waals surface area contributed by atoms with Crippen LogP contribution in [0.5, 0.6) is 0 Å². The maximum atomic E-state index is 3.36. The van der Waals surface area contributed by atoms with E-state index in [1.807, 2.05) is 0 Å². The average molecular weight is 368 g/mol. The Morgan fingerprint density at radius 2 is 1.11 bits per heavy atom. The first-order valence-corrected chi connectivity index (χ1v) is 13.8. The minimum absolute atomic E-state index is 0. The smallest absolute Gasteiger partial charge is 1.00 e. The van der Waals surface area contributed by atoms with Crippen molar-refractivity contribution < 1.29 is 29.1 Å². The van der Waals surface area contributed by atoms with Gasteiger partial charge in [0.1, 0.15) is 0 Å². The third kappa shape index (κ3) is 7.01. The van der Waals surface area contributed by atoms with E-state index in [1.54, 1.807) is 0 Å². The van der Waals surface area contributed by atoms with Crippen LogP contribution in [-0.4, -0.2) is 16.1 Å². The van der Waals surface area contributed by atoms with Gasteiger partial charge in [0.25, 0.3) is 0 Å². The summed E-state index contributed by atoms with van der Waals surface area (Å²) in [6, 6.07) is 0. The molecule has 0 aliphatic heterocycles. The van der Waals surface area contributed by atoms with Crippen LogP contribution in [0.4, 0.5) is 0 Å². The Morgan fingerprint density at radius 1 is 0.789 bits per heavy atom. The van der Waals surface area contributed by atoms with Crippen molar-refractivity contribution in [2.75, 3.05) is 0 Å². The minimum atomic E-state index is -1.01. The van der Waals surface area contributed by atoms with Gasteiger partial charge < -0.3 is 2.85 Å². The zero-order chi connectivity index (χ0) is 13.8. The van der Waals surface area contributed by atoms with E-state index in [4.69, 9.17) is 0 Å². The summed E-state index contributed by atoms with van der Waals surface area (Å²) in [6.07, 6.45) is 17.6. The molecule has 0 spiro atoms. The normalized spacial score (nSPS) is 17.4. The Balaban J connectivity index is -0.000000270. The summed E-state index contributed by atoms with van der Waals surface area (Å²) in [4.78, 5) is 0. The second kappa shape index (κ2) is 7.90. The molecule has 0 amide bonds. The molecule has 0 heterocycles. The third-order valence-corrected chi connectivity index (χ3v) is 6.92. The van der Waals surface area contributed by atoms with E-state index in [-0.39, 0.29) is 29.1 Å². The van der Waals surface area contributed by atoms with E-state index in [0.717, 1.165) is 12.8 Å². The summed E-state index contributed by atoms with van der Waals surface area (Å²) in [5, 5.41) is 2.98. The van der Waals surface area contributed by atoms with Gasteiger partial charge in [-0.05, 0) is 0 Å². The molecule has 0 aromatic rings. The van der Waals surface area contributed by atoms with Gasteiger partial charge in [0.15, 0.2) is 0 Å². The average Bonchev–Trinajstić information content (AvgIpc) is 2.91. The molecule has 0 saturated heterocycles. The van der Waals surface area contributed by atoms with Crippen LogP contribution in [-0.2, 0) is 26.2 Å². The largest absolute Gasteiger partial charge is 4.00 e. The number of allylic oxidation sites excluding steroid dienone is 8. The SMILES string of the molecule is C[Si](C)(C)C1=[C-]CC=C1.C[Si](C)(C)C1=[C-]CC=C1.[H-].[H-].[Zr+4]. The second-order valence-electron chi connectivity index (χ2n) is 6.89. The fourth-order valence-corrected chi connectivity index (χ4v) is 4.34. The van der Waals surface area contributed by atoms with Crippen LogP contribution in [0.25, 0.3) is 0 Å². The van der Waals surface area contributed by atoms with Gasteiger partial charge in [-0.25, -0.2) is 22.5 Å². The predicted molar refractivity (Wildman–Crippen MR) is 89.9 cm³/mol. The summed E-state index contributed by atoms with van der Waals surface area (Å²) >= 11 is 0. The standard InChI is InChI=1S/2C8H13Si.Zr.2H/c2*1-9(2,3)8-6-4-5-7-8;;;/h2*4,6H,5H2,1-3H3;;;/q2*-1;+4;2*-1. The fraction of sp³-hybridized carbons (Fsp3) is 0.500. The van der Waals surface area contributed by atoms with Crippen molar-refractivity contribution in [3.05, 3.63) is 46.8 Å². The minimum Gasteiger partial charge on any atom is -1.00 e. The quantitative estimate of drug-likeness (QED) is 0.457. The third-order valence-electron chi connectivity index (χ3n) is 3.01. The Labute approximate surface area is 143 Å². The van der Waals surface area contributed by atoms with E-state index >= 15 is 0 Å². The second-order valence-corrected chi connectivity index (χ2v) is 17.0. The van der Waals surface area contributed by atoms with Crippen molar-refractivity contribution in [2.24, 2.45) is 0 Å². The van der Waals surface area contributed by atoms with E-state index in [2.05, 4.69) is 75.7 Å². The van der Waals surface area contributed by atoms with Crippen LogP contribution in [0, 0.1) is 12.2 Å². The molecular formula is C16H28Si2Zr. The van der Waals surface area contributed by atoms with Gasteiger partial charge in [-0.15, -0.1) is 12.8 Å². The van der Waals surface area contributed by atoms with Crippen molar-refractivity contribution in [1.82, 2.24) is 0 Å². The van der Waals surface area contributed by atoms with Crippen LogP contribution in [0.3, 0.4) is 0 Å². The molecule has 0 unspecified atom stereocenters. The van der Waals surface area contributed by atoms with E-state index in [0.29, 0.717) is 0 Å². The van der Waals surface area contributed by atoms with Crippen LogP contribution < -0.4 is 0 Å². The van der Waals surface area contributed by atoms with Gasteiger partial charge in [-0.1, -0.05) is 39.3 Å². The van der Waals surface area contributed by atoms with Gasteiger partial charge in [0, 0.05) is 16.1 Å². The summed E-state index contributed by atoms with van der Waals surface area (Å²) in [6.45, 7) is 14.1. The van der Waals surface area contributed by atoms with Gasteiger partial charge >= 0.3 is 26.2 Å². The molecule has 0 nitrogen and oxygen atoms in total. The van der Waals surface area contributed by atoms with Crippen molar-refractivity contribution >= 4 is 16.1 Å². The fourth-order valence-electron chi connectivity index (χ4n) is 1.84. The molecule has 19 heavy (non-hydrogen) atoms. The summed E-state index contributed by atoms with van der Waals surface area (Å²) in [5.74, 6) is 0. The zero-order valence-corrected chi connectivity index (χ0v) is 17.7. The topological polar surface area (TPSA) is 0 Å². The van der Waals surface area contributed by atoms with Crippen molar-refractivity contribution in [1.29, 1.82) is 0 Å². The summed E-state index contributed by atoms with van der Waals surface area (Å²) in [7, 11) is -2.01. The number of rotatable bonds is 2. The molecule has 0 radical (unpaired) electrons. The monoisotopic (exact) mass is 366 g/mol. The van der Waals surface area contributed by atoms with Crippen LogP contribution in [0.2, 0.25) is 39.3 Å². The predicted octanol–water partition coefficient (Wildman–Crippen LogP) is 5.33. The Hall–Kier alpha value is 0.277. The molecule has 0 saturated carbocycles. The van der Waals surface area contributed by atoms with E-state index in [9.17, 15) is 0 Å². The molecule has 2 rings (SSSR count). The van der Waals surface area contributed by atoms with E-state index < -0.39 is 16.1 Å². The number of hydrogen-bond acceptors (Lipinski definition) is 0. The molecule has 2 aliphatic carbocycles. The maximum absolute atomic E-state index is 3.36. The first-order chi connectivity index (χ1) is 8.21. The molecule has 0 aromatic heterocycles. The molecule has 104 valence electrons. The first kappa shape index (κ1) is 19.3. The first-order valence-electron chi connectivity index (χ1n) is 6.77. The van der Waals surface area contributed by atoms with Crippen LogP contribution in [0.15, 0.2) is 34.7 Å². The van der Waals surface area contributed by atoms with Crippen molar-refractivity contribution in [3.8, 4) is 0 Å². The van der Waals surface area contributed by atoms with Crippen molar-refractivity contribution in [3.63, 3.8) is 0 Å². The molecule has 0 N–H and O–H groups in total. The van der Waals surface area contributed by atoms with Crippen LogP contribution >= 0.6 is 0 Å². The molecular weight excluding hydrogens is 340 g/mol. The van der Waals surface area contributed by atoms with Gasteiger partial charge in [0.2, 0.25) is 0 Å². The zero-order valence-electron chi connectivity index (χ0n) is 15.2. The maximum Gasteiger partial charge on any atom is 4.00 e. The summed E-state index contributed by atoms with van der Waals surface area (Å²) < 4.78 is 0. The molecule has 0 atom stereocenters. The summed E-state index contributed by atoms with van der Waals surface area (Å²) in [5.41, 5.74) is 0. The Morgan fingerprint density at radius 3 is 1.21 bits per heavy atom. The van der Waals surface area contributed by atoms with Gasteiger partial charge in [-0.2, -0.15) is 12.2 Å². The van der Waals surface area contributed by atoms with Gasteiger partial charge in [-0.3, -0.25) is 12.2 Å². The molecule has 0 fully saturated rings. The number of hydrogen-bond donors (Lipinski definition) is 0. The molecule has 3 heteroatoms. The van der Waals surface area contributed by atoms with Crippen molar-refractivity contribution in [2.45, 2.75) is 52.1 Å². The molecule has 0 aromatic carbocycles. The van der Waals surface area contributed by atoms with Crippen LogP contribution in [0.1, 0.15) is 15.7 Å². The Bertz CT molecular complexity index is 371. The molecule has 0 bridgehead atoms. The van der Waals surface area contributed by atoms with E-state index in [1.165, 1.54) is 10.4 Å². The van der Waals surface area contributed by atoms with Gasteiger partial charge in [0.05, 0.1) is 0 Å². The molecule has 2 aliphatic rings. The Kier molecular flexibility index (Phi) is 8.02.